The molecule has 0 radical (unpaired) electrons. The molecule has 0 amide bonds. The number of aryl methyl sites for hydroxylation is 1. The van der Waals surface area contributed by atoms with E-state index in [0.29, 0.717) is 12.1 Å². The number of aromatic nitrogens is 2. The molecule has 1 heterocycles. The molecule has 0 bridgehead atoms. The van der Waals surface area contributed by atoms with E-state index in [1.807, 2.05) is 10.9 Å². The fourth-order valence-corrected chi connectivity index (χ4v) is 1.64. The van der Waals surface area contributed by atoms with Crippen molar-refractivity contribution in [3.05, 3.63) is 18.0 Å². The van der Waals surface area contributed by atoms with Crippen molar-refractivity contribution in [2.45, 2.75) is 59.2 Å². The van der Waals surface area contributed by atoms with Crippen LogP contribution in [0, 0.1) is 0 Å². The van der Waals surface area contributed by atoms with Gasteiger partial charge >= 0.3 is 0 Å². The lowest BCUT2D eigenvalue weighted by Crippen LogP contribution is -2.29. The van der Waals surface area contributed by atoms with E-state index in [1.54, 1.807) is 0 Å². The molecular weight excluding hydrogens is 186 g/mol. The Kier molecular flexibility index (Phi) is 4.82. The minimum atomic E-state index is 0.445. The van der Waals surface area contributed by atoms with Gasteiger partial charge in [-0.1, -0.05) is 13.8 Å². The van der Waals surface area contributed by atoms with Crippen LogP contribution in [0.15, 0.2) is 12.4 Å². The Labute approximate surface area is 92.9 Å². The summed E-state index contributed by atoms with van der Waals surface area (Å²) in [6.45, 7) is 9.70. The summed E-state index contributed by atoms with van der Waals surface area (Å²) in [6.07, 6.45) is 6.40. The maximum atomic E-state index is 4.31. The van der Waals surface area contributed by atoms with E-state index in [9.17, 15) is 0 Å². The van der Waals surface area contributed by atoms with Crippen molar-refractivity contribution in [3.63, 3.8) is 0 Å². The van der Waals surface area contributed by atoms with Gasteiger partial charge in [-0.2, -0.15) is 5.10 Å². The molecule has 2 atom stereocenters. The maximum absolute atomic E-state index is 4.31. The third-order valence-electron chi connectivity index (χ3n) is 2.89. The van der Waals surface area contributed by atoms with Gasteiger partial charge in [0.1, 0.15) is 0 Å². The largest absolute Gasteiger partial charge is 0.307 e. The molecule has 0 aliphatic carbocycles. The fourth-order valence-electron chi connectivity index (χ4n) is 1.64. The normalized spacial score (nSPS) is 15.2. The quantitative estimate of drug-likeness (QED) is 0.780. The first-order chi connectivity index (χ1) is 7.21. The second kappa shape index (κ2) is 5.91. The van der Waals surface area contributed by atoms with Crippen molar-refractivity contribution in [2.75, 3.05) is 0 Å². The predicted molar refractivity (Wildman–Crippen MR) is 63.8 cm³/mol. The van der Waals surface area contributed by atoms with Crippen molar-refractivity contribution in [3.8, 4) is 0 Å². The number of hydrogen-bond acceptors (Lipinski definition) is 2. The maximum Gasteiger partial charge on any atom is 0.0537 e. The summed E-state index contributed by atoms with van der Waals surface area (Å²) in [5.41, 5.74) is 1.31. The first-order valence-corrected chi connectivity index (χ1v) is 5.99. The molecule has 2 unspecified atom stereocenters. The molecule has 0 aromatic carbocycles. The number of rotatable bonds is 6. The van der Waals surface area contributed by atoms with Crippen LogP contribution in [0.5, 0.6) is 0 Å². The number of hydrogen-bond donors (Lipinski definition) is 1. The van der Waals surface area contributed by atoms with Gasteiger partial charge in [0.05, 0.1) is 6.20 Å². The lowest BCUT2D eigenvalue weighted by atomic mass is 10.1. The van der Waals surface area contributed by atoms with E-state index in [-0.39, 0.29) is 0 Å². The number of nitrogens with one attached hydrogen (secondary N) is 1. The molecule has 1 aromatic rings. The van der Waals surface area contributed by atoms with Gasteiger partial charge in [-0.3, -0.25) is 4.68 Å². The van der Waals surface area contributed by atoms with Crippen LogP contribution < -0.4 is 5.32 Å². The topological polar surface area (TPSA) is 29.9 Å². The van der Waals surface area contributed by atoms with E-state index >= 15 is 0 Å². The van der Waals surface area contributed by atoms with Crippen LogP contribution in [-0.4, -0.2) is 15.8 Å². The average molecular weight is 209 g/mol. The molecule has 0 spiro atoms. The van der Waals surface area contributed by atoms with E-state index in [1.165, 1.54) is 12.0 Å². The molecule has 0 fully saturated rings. The summed E-state index contributed by atoms with van der Waals surface area (Å²) in [6, 6.07) is 1.01. The van der Waals surface area contributed by atoms with Crippen molar-refractivity contribution >= 4 is 0 Å². The van der Waals surface area contributed by atoms with Crippen LogP contribution in [0.4, 0.5) is 0 Å². The highest BCUT2D eigenvalue weighted by Gasteiger charge is 2.12. The minimum absolute atomic E-state index is 0.445. The zero-order valence-corrected chi connectivity index (χ0v) is 10.3. The summed E-state index contributed by atoms with van der Waals surface area (Å²) < 4.78 is 1.98. The third-order valence-corrected chi connectivity index (χ3v) is 2.89. The predicted octanol–water partition coefficient (Wildman–Crippen LogP) is 2.74. The van der Waals surface area contributed by atoms with Crippen molar-refractivity contribution < 1.29 is 0 Å². The summed E-state index contributed by atoms with van der Waals surface area (Å²) in [5, 5.41) is 7.93. The standard InChI is InChI=1S/C12H23N3/c1-5-10(4)14-12(6-2)11-8-13-15(7-3)9-11/h8-10,12,14H,5-7H2,1-4H3. The first-order valence-electron chi connectivity index (χ1n) is 5.99. The highest BCUT2D eigenvalue weighted by Crippen LogP contribution is 2.16. The molecule has 3 heteroatoms. The Morgan fingerprint density at radius 3 is 2.53 bits per heavy atom. The molecular formula is C12H23N3. The van der Waals surface area contributed by atoms with Crippen LogP contribution in [0.2, 0.25) is 0 Å². The van der Waals surface area contributed by atoms with E-state index in [0.717, 1.165) is 13.0 Å². The Bertz CT molecular complexity index is 280. The Balaban J connectivity index is 2.65. The molecule has 0 saturated carbocycles. The zero-order chi connectivity index (χ0) is 11.3. The Hall–Kier alpha value is -0.830. The number of nitrogens with zero attached hydrogens (tertiary/aromatic N) is 2. The zero-order valence-electron chi connectivity index (χ0n) is 10.3. The van der Waals surface area contributed by atoms with Gasteiger partial charge in [0, 0.05) is 30.4 Å². The second-order valence-electron chi connectivity index (χ2n) is 4.07. The van der Waals surface area contributed by atoms with E-state index in [2.05, 4.69) is 44.3 Å². The Morgan fingerprint density at radius 1 is 1.33 bits per heavy atom. The van der Waals surface area contributed by atoms with Gasteiger partial charge in [0.2, 0.25) is 0 Å². The summed E-state index contributed by atoms with van der Waals surface area (Å²) in [5.74, 6) is 0. The fraction of sp³-hybridized carbons (Fsp3) is 0.750. The van der Waals surface area contributed by atoms with Gasteiger partial charge in [0.25, 0.3) is 0 Å². The third kappa shape index (κ3) is 3.34. The lowest BCUT2D eigenvalue weighted by molar-refractivity contribution is 0.437. The summed E-state index contributed by atoms with van der Waals surface area (Å²) in [4.78, 5) is 0. The first kappa shape index (κ1) is 12.2. The average Bonchev–Trinajstić information content (AvgIpc) is 2.73. The van der Waals surface area contributed by atoms with Gasteiger partial charge in [-0.25, -0.2) is 0 Å². The van der Waals surface area contributed by atoms with Gasteiger partial charge in [-0.15, -0.1) is 0 Å². The van der Waals surface area contributed by atoms with Crippen molar-refractivity contribution in [1.82, 2.24) is 15.1 Å². The van der Waals surface area contributed by atoms with E-state index < -0.39 is 0 Å². The van der Waals surface area contributed by atoms with Gasteiger partial charge < -0.3 is 5.32 Å². The van der Waals surface area contributed by atoms with Crippen molar-refractivity contribution in [2.24, 2.45) is 0 Å². The van der Waals surface area contributed by atoms with Crippen molar-refractivity contribution in [1.29, 1.82) is 0 Å². The van der Waals surface area contributed by atoms with Crippen LogP contribution in [0.3, 0.4) is 0 Å². The molecule has 0 saturated heterocycles. The molecule has 3 nitrogen and oxygen atoms in total. The molecule has 15 heavy (non-hydrogen) atoms. The summed E-state index contributed by atoms with van der Waals surface area (Å²) in [7, 11) is 0. The van der Waals surface area contributed by atoms with Crippen LogP contribution in [0.25, 0.3) is 0 Å². The molecule has 86 valence electrons. The molecule has 1 N–H and O–H groups in total. The monoisotopic (exact) mass is 209 g/mol. The molecule has 0 aliphatic rings. The van der Waals surface area contributed by atoms with Gasteiger partial charge in [0.15, 0.2) is 0 Å². The summed E-state index contributed by atoms with van der Waals surface area (Å²) >= 11 is 0. The van der Waals surface area contributed by atoms with Crippen LogP contribution in [0.1, 0.15) is 52.1 Å². The minimum Gasteiger partial charge on any atom is -0.307 e. The van der Waals surface area contributed by atoms with Crippen LogP contribution in [-0.2, 0) is 6.54 Å². The highest BCUT2D eigenvalue weighted by molar-refractivity contribution is 5.10. The SMILES string of the molecule is CCC(C)NC(CC)c1cnn(CC)c1. The van der Waals surface area contributed by atoms with E-state index in [4.69, 9.17) is 0 Å². The van der Waals surface area contributed by atoms with Crippen LogP contribution >= 0.6 is 0 Å². The molecule has 1 rings (SSSR count). The Morgan fingerprint density at radius 2 is 2.07 bits per heavy atom. The van der Waals surface area contributed by atoms with Gasteiger partial charge in [-0.05, 0) is 26.7 Å². The molecule has 1 aromatic heterocycles. The molecule has 0 aliphatic heterocycles. The lowest BCUT2D eigenvalue weighted by Gasteiger charge is -2.20. The highest BCUT2D eigenvalue weighted by atomic mass is 15.3. The smallest absolute Gasteiger partial charge is 0.0537 e. The second-order valence-corrected chi connectivity index (χ2v) is 4.07.